The topological polar surface area (TPSA) is 64.9 Å². The minimum Gasteiger partial charge on any atom is -0.381 e. The van der Waals surface area contributed by atoms with Gasteiger partial charge in [0, 0.05) is 31.0 Å². The second-order valence-corrected chi connectivity index (χ2v) is 6.93. The molecule has 128 valence electrons. The Morgan fingerprint density at radius 3 is 2.80 bits per heavy atom. The zero-order valence-electron chi connectivity index (χ0n) is 14.1. The first-order chi connectivity index (χ1) is 12.4. The standard InChI is InChI=1S/C19H21N5O/c1-2-14-10-20-19(23-18(14)17(3-1)13-4-5-13)22-15-11-21-24(12-15)16-6-8-25-9-7-16/h1-3,10-13,16H,4-9H2,(H,20,22,23). The maximum absolute atomic E-state index is 5.42. The highest BCUT2D eigenvalue weighted by atomic mass is 16.5. The maximum atomic E-state index is 5.42. The van der Waals surface area contributed by atoms with E-state index in [1.807, 2.05) is 23.3 Å². The molecule has 2 fully saturated rings. The molecule has 1 N–H and O–H groups in total. The molecule has 1 saturated heterocycles. The monoisotopic (exact) mass is 335 g/mol. The van der Waals surface area contributed by atoms with Crippen LogP contribution in [0.5, 0.6) is 0 Å². The van der Waals surface area contributed by atoms with E-state index < -0.39 is 0 Å². The van der Waals surface area contributed by atoms with Gasteiger partial charge < -0.3 is 10.1 Å². The molecule has 3 heterocycles. The SMILES string of the molecule is c1cc(C2CC2)c2nc(Nc3cnn(C4CCOCC4)c3)ncc2c1. The van der Waals surface area contributed by atoms with E-state index in [-0.39, 0.29) is 0 Å². The second-order valence-electron chi connectivity index (χ2n) is 6.93. The van der Waals surface area contributed by atoms with E-state index in [0.717, 1.165) is 42.6 Å². The van der Waals surface area contributed by atoms with E-state index in [9.17, 15) is 0 Å². The third kappa shape index (κ3) is 2.98. The van der Waals surface area contributed by atoms with Crippen LogP contribution in [0.2, 0.25) is 0 Å². The number of para-hydroxylation sites is 1. The highest BCUT2D eigenvalue weighted by Gasteiger charge is 2.26. The lowest BCUT2D eigenvalue weighted by atomic mass is 10.1. The van der Waals surface area contributed by atoms with Gasteiger partial charge in [0.15, 0.2) is 0 Å². The Morgan fingerprint density at radius 1 is 1.08 bits per heavy atom. The summed E-state index contributed by atoms with van der Waals surface area (Å²) in [6.07, 6.45) is 10.3. The highest BCUT2D eigenvalue weighted by molar-refractivity contribution is 5.83. The van der Waals surface area contributed by atoms with Gasteiger partial charge in [-0.3, -0.25) is 4.68 Å². The molecule has 6 heteroatoms. The summed E-state index contributed by atoms with van der Waals surface area (Å²) in [5.41, 5.74) is 3.34. The van der Waals surface area contributed by atoms with Crippen LogP contribution in [-0.4, -0.2) is 33.0 Å². The summed E-state index contributed by atoms with van der Waals surface area (Å²) in [5.74, 6) is 1.30. The van der Waals surface area contributed by atoms with Gasteiger partial charge in [0.25, 0.3) is 0 Å². The molecule has 0 unspecified atom stereocenters. The van der Waals surface area contributed by atoms with Crippen LogP contribution >= 0.6 is 0 Å². The molecule has 3 aromatic rings. The molecule has 1 saturated carbocycles. The van der Waals surface area contributed by atoms with E-state index >= 15 is 0 Å². The zero-order chi connectivity index (χ0) is 16.6. The van der Waals surface area contributed by atoms with Crippen molar-refractivity contribution in [3.8, 4) is 0 Å². The van der Waals surface area contributed by atoms with Crippen LogP contribution in [0.15, 0.2) is 36.8 Å². The first kappa shape index (κ1) is 14.8. The van der Waals surface area contributed by atoms with Crippen molar-refractivity contribution in [3.05, 3.63) is 42.4 Å². The van der Waals surface area contributed by atoms with Gasteiger partial charge in [-0.25, -0.2) is 9.97 Å². The molecule has 0 amide bonds. The van der Waals surface area contributed by atoms with Crippen molar-refractivity contribution >= 4 is 22.5 Å². The quantitative estimate of drug-likeness (QED) is 0.785. The van der Waals surface area contributed by atoms with Gasteiger partial charge >= 0.3 is 0 Å². The Bertz CT molecular complexity index is 896. The molecule has 1 aliphatic carbocycles. The molecule has 0 bridgehead atoms. The Kier molecular flexibility index (Phi) is 3.63. The average Bonchev–Trinajstić information content (AvgIpc) is 3.41. The van der Waals surface area contributed by atoms with Crippen LogP contribution in [0.3, 0.4) is 0 Å². The molecule has 25 heavy (non-hydrogen) atoms. The molecule has 5 rings (SSSR count). The lowest BCUT2D eigenvalue weighted by molar-refractivity contribution is 0.0662. The number of aromatic nitrogens is 4. The molecule has 0 radical (unpaired) electrons. The molecule has 0 spiro atoms. The lowest BCUT2D eigenvalue weighted by Gasteiger charge is -2.22. The number of rotatable bonds is 4. The zero-order valence-corrected chi connectivity index (χ0v) is 14.1. The smallest absolute Gasteiger partial charge is 0.227 e. The molecule has 1 aliphatic heterocycles. The van der Waals surface area contributed by atoms with Crippen LogP contribution < -0.4 is 5.32 Å². The minimum absolute atomic E-state index is 0.420. The van der Waals surface area contributed by atoms with E-state index in [4.69, 9.17) is 9.72 Å². The van der Waals surface area contributed by atoms with Gasteiger partial charge in [-0.2, -0.15) is 5.10 Å². The number of ether oxygens (including phenoxy) is 1. The van der Waals surface area contributed by atoms with Gasteiger partial charge in [-0.05, 0) is 37.2 Å². The van der Waals surface area contributed by atoms with E-state index in [1.54, 1.807) is 0 Å². The molecule has 6 nitrogen and oxygen atoms in total. The van der Waals surface area contributed by atoms with Crippen molar-refractivity contribution < 1.29 is 4.74 Å². The second kappa shape index (κ2) is 6.11. The minimum atomic E-state index is 0.420. The third-order valence-electron chi connectivity index (χ3n) is 5.08. The summed E-state index contributed by atoms with van der Waals surface area (Å²) in [7, 11) is 0. The molecule has 2 aliphatic rings. The van der Waals surface area contributed by atoms with Gasteiger partial charge in [-0.15, -0.1) is 0 Å². The summed E-state index contributed by atoms with van der Waals surface area (Å²) >= 11 is 0. The Balaban J connectivity index is 1.40. The predicted octanol–water partition coefficient (Wildman–Crippen LogP) is 3.80. The number of hydrogen-bond donors (Lipinski definition) is 1. The van der Waals surface area contributed by atoms with E-state index in [2.05, 4.69) is 33.6 Å². The molecule has 1 aromatic carbocycles. The Morgan fingerprint density at radius 2 is 1.96 bits per heavy atom. The number of nitrogens with one attached hydrogen (secondary N) is 1. The first-order valence-electron chi connectivity index (χ1n) is 9.01. The summed E-state index contributed by atoms with van der Waals surface area (Å²) in [4.78, 5) is 9.24. The van der Waals surface area contributed by atoms with Gasteiger partial charge in [-0.1, -0.05) is 18.2 Å². The predicted molar refractivity (Wildman–Crippen MR) is 96.1 cm³/mol. The number of hydrogen-bond acceptors (Lipinski definition) is 5. The number of nitrogens with zero attached hydrogens (tertiary/aromatic N) is 4. The number of benzene rings is 1. The highest BCUT2D eigenvalue weighted by Crippen LogP contribution is 2.42. The average molecular weight is 335 g/mol. The number of anilines is 2. The van der Waals surface area contributed by atoms with Gasteiger partial charge in [0.1, 0.15) is 0 Å². The lowest BCUT2D eigenvalue weighted by Crippen LogP contribution is -2.19. The van der Waals surface area contributed by atoms with Crippen molar-refractivity contribution in [2.75, 3.05) is 18.5 Å². The third-order valence-corrected chi connectivity index (χ3v) is 5.08. The largest absolute Gasteiger partial charge is 0.381 e. The van der Waals surface area contributed by atoms with Crippen LogP contribution in [0, 0.1) is 0 Å². The first-order valence-corrected chi connectivity index (χ1v) is 9.01. The summed E-state index contributed by atoms with van der Waals surface area (Å²) in [6, 6.07) is 6.79. The summed E-state index contributed by atoms with van der Waals surface area (Å²) < 4.78 is 7.45. The fraction of sp³-hybridized carbons (Fsp3) is 0.421. The fourth-order valence-electron chi connectivity index (χ4n) is 3.54. The van der Waals surface area contributed by atoms with Crippen molar-refractivity contribution in [1.82, 2.24) is 19.7 Å². The molecular weight excluding hydrogens is 314 g/mol. The fourth-order valence-corrected chi connectivity index (χ4v) is 3.54. The van der Waals surface area contributed by atoms with Crippen molar-refractivity contribution in [1.29, 1.82) is 0 Å². The molecular formula is C19H21N5O. The van der Waals surface area contributed by atoms with E-state index in [0.29, 0.717) is 17.9 Å². The summed E-state index contributed by atoms with van der Waals surface area (Å²) in [5, 5.41) is 8.91. The Hall–Kier alpha value is -2.47. The van der Waals surface area contributed by atoms with Crippen molar-refractivity contribution in [2.24, 2.45) is 0 Å². The van der Waals surface area contributed by atoms with Crippen LogP contribution in [-0.2, 0) is 4.74 Å². The van der Waals surface area contributed by atoms with E-state index in [1.165, 1.54) is 18.4 Å². The summed E-state index contributed by atoms with van der Waals surface area (Å²) in [6.45, 7) is 1.62. The molecule has 2 aromatic heterocycles. The van der Waals surface area contributed by atoms with Crippen LogP contribution in [0.25, 0.3) is 10.9 Å². The van der Waals surface area contributed by atoms with Gasteiger partial charge in [0.2, 0.25) is 5.95 Å². The van der Waals surface area contributed by atoms with Crippen LogP contribution in [0.4, 0.5) is 11.6 Å². The number of fused-ring (bicyclic) bond motifs is 1. The normalized spacial score (nSPS) is 18.6. The van der Waals surface area contributed by atoms with Crippen molar-refractivity contribution in [2.45, 2.75) is 37.6 Å². The Labute approximate surface area is 146 Å². The van der Waals surface area contributed by atoms with Crippen LogP contribution in [0.1, 0.15) is 43.2 Å². The molecule has 0 atom stereocenters. The van der Waals surface area contributed by atoms with Gasteiger partial charge in [0.05, 0.1) is 23.4 Å². The maximum Gasteiger partial charge on any atom is 0.227 e. The van der Waals surface area contributed by atoms with Crippen molar-refractivity contribution in [3.63, 3.8) is 0 Å².